The Balaban J connectivity index is 1.66. The van der Waals surface area contributed by atoms with E-state index in [0.717, 1.165) is 29.5 Å². The molecule has 1 aliphatic carbocycles. The maximum Gasteiger partial charge on any atom is 0.262 e. The van der Waals surface area contributed by atoms with Gasteiger partial charge < -0.3 is 9.64 Å². The zero-order valence-corrected chi connectivity index (χ0v) is 14.6. The summed E-state index contributed by atoms with van der Waals surface area (Å²) in [5.74, 6) is 0.620. The lowest BCUT2D eigenvalue weighted by molar-refractivity contribution is -0.135. The molecule has 2 aliphatic rings. The first-order chi connectivity index (χ1) is 11.6. The molecule has 6 nitrogen and oxygen atoms in total. The Morgan fingerprint density at radius 3 is 3.00 bits per heavy atom. The highest BCUT2D eigenvalue weighted by molar-refractivity contribution is 7.18. The van der Waals surface area contributed by atoms with Crippen LogP contribution in [0.2, 0.25) is 0 Å². The van der Waals surface area contributed by atoms with Crippen LogP contribution >= 0.6 is 11.3 Å². The van der Waals surface area contributed by atoms with Crippen molar-refractivity contribution in [2.75, 3.05) is 26.3 Å². The van der Waals surface area contributed by atoms with Gasteiger partial charge in [0.05, 0.1) is 24.9 Å². The van der Waals surface area contributed by atoms with E-state index in [1.54, 1.807) is 16.2 Å². The van der Waals surface area contributed by atoms with E-state index in [2.05, 4.69) is 11.9 Å². The molecule has 0 bridgehead atoms. The van der Waals surface area contributed by atoms with Crippen molar-refractivity contribution in [3.63, 3.8) is 0 Å². The lowest BCUT2D eigenvalue weighted by Gasteiger charge is -2.27. The van der Waals surface area contributed by atoms with Crippen LogP contribution in [0, 0.1) is 5.92 Å². The Morgan fingerprint density at radius 1 is 1.42 bits per heavy atom. The van der Waals surface area contributed by atoms with Gasteiger partial charge in [0, 0.05) is 18.0 Å². The van der Waals surface area contributed by atoms with Crippen molar-refractivity contribution in [2.24, 2.45) is 5.92 Å². The van der Waals surface area contributed by atoms with Crippen LogP contribution in [-0.2, 0) is 28.9 Å². The number of carbonyl (C=O) groups excluding carboxylic acids is 1. The summed E-state index contributed by atoms with van der Waals surface area (Å²) >= 11 is 1.64. The molecule has 128 valence electrons. The fourth-order valence-electron chi connectivity index (χ4n) is 3.54. The predicted octanol–water partition coefficient (Wildman–Crippen LogP) is 1.44. The molecule has 0 aromatic carbocycles. The Kier molecular flexibility index (Phi) is 4.14. The van der Waals surface area contributed by atoms with Crippen LogP contribution in [0.15, 0.2) is 11.1 Å². The van der Waals surface area contributed by atoms with Gasteiger partial charge in [-0.2, -0.15) is 0 Å². The third-order valence-corrected chi connectivity index (χ3v) is 6.11. The number of hydrogen-bond donors (Lipinski definition) is 0. The number of carbonyl (C=O) groups is 1. The second kappa shape index (κ2) is 6.29. The number of thiophene rings is 1. The molecule has 0 N–H and O–H groups in total. The Hall–Kier alpha value is -1.73. The highest BCUT2D eigenvalue weighted by atomic mass is 32.1. The number of amides is 1. The number of hydrogen-bond acceptors (Lipinski definition) is 5. The van der Waals surface area contributed by atoms with Gasteiger partial charge in [-0.05, 0) is 30.7 Å². The summed E-state index contributed by atoms with van der Waals surface area (Å²) in [5, 5.41) is 0.735. The Bertz CT molecular complexity index is 835. The SMILES string of the molecule is C[C@H]1CCc2c(sc3ncn(CC(=O)N4CCOCC4)c(=O)c23)C1. The van der Waals surface area contributed by atoms with Gasteiger partial charge >= 0.3 is 0 Å². The average molecular weight is 347 g/mol. The molecule has 1 saturated heterocycles. The number of rotatable bonds is 2. The molecule has 4 rings (SSSR count). The van der Waals surface area contributed by atoms with Crippen LogP contribution in [0.3, 0.4) is 0 Å². The number of ether oxygens (including phenoxy) is 1. The summed E-state index contributed by atoms with van der Waals surface area (Å²) < 4.78 is 6.73. The minimum atomic E-state index is -0.0753. The molecule has 3 heterocycles. The third kappa shape index (κ3) is 2.75. The lowest BCUT2D eigenvalue weighted by Crippen LogP contribution is -2.43. The second-order valence-corrected chi connectivity index (χ2v) is 7.79. The van der Waals surface area contributed by atoms with Gasteiger partial charge in [0.1, 0.15) is 11.4 Å². The van der Waals surface area contributed by atoms with Crippen molar-refractivity contribution in [1.29, 1.82) is 0 Å². The molecule has 1 atom stereocenters. The summed E-state index contributed by atoms with van der Waals surface area (Å²) in [5.41, 5.74) is 1.09. The smallest absolute Gasteiger partial charge is 0.262 e. The molecule has 1 fully saturated rings. The zero-order valence-electron chi connectivity index (χ0n) is 13.8. The van der Waals surface area contributed by atoms with Crippen molar-refractivity contribution in [1.82, 2.24) is 14.5 Å². The topological polar surface area (TPSA) is 64.4 Å². The summed E-state index contributed by atoms with van der Waals surface area (Å²) in [6.07, 6.45) is 4.60. The summed E-state index contributed by atoms with van der Waals surface area (Å²) in [4.78, 5) is 33.6. The van der Waals surface area contributed by atoms with Gasteiger partial charge in [-0.3, -0.25) is 14.2 Å². The van der Waals surface area contributed by atoms with Crippen molar-refractivity contribution in [3.05, 3.63) is 27.1 Å². The number of fused-ring (bicyclic) bond motifs is 3. The minimum Gasteiger partial charge on any atom is -0.378 e. The predicted molar refractivity (Wildman–Crippen MR) is 92.5 cm³/mol. The zero-order chi connectivity index (χ0) is 16.7. The Labute approximate surface area is 144 Å². The molecule has 1 amide bonds. The van der Waals surface area contributed by atoms with Crippen molar-refractivity contribution in [2.45, 2.75) is 32.7 Å². The maximum atomic E-state index is 12.9. The molecule has 0 radical (unpaired) electrons. The van der Waals surface area contributed by atoms with Gasteiger partial charge in [0.2, 0.25) is 5.91 Å². The molecule has 0 saturated carbocycles. The van der Waals surface area contributed by atoms with E-state index >= 15 is 0 Å². The van der Waals surface area contributed by atoms with E-state index in [0.29, 0.717) is 32.2 Å². The van der Waals surface area contributed by atoms with Crippen LogP contribution < -0.4 is 5.56 Å². The van der Waals surface area contributed by atoms with Crippen molar-refractivity contribution in [3.8, 4) is 0 Å². The standard InChI is InChI=1S/C17H21N3O3S/c1-11-2-3-12-13(8-11)24-16-15(12)17(22)20(10-18-16)9-14(21)19-4-6-23-7-5-19/h10-11H,2-9H2,1H3/t11-/m0/s1. The van der Waals surface area contributed by atoms with E-state index in [-0.39, 0.29) is 18.0 Å². The molecule has 7 heteroatoms. The lowest BCUT2D eigenvalue weighted by atomic mass is 9.89. The van der Waals surface area contributed by atoms with E-state index in [1.165, 1.54) is 21.3 Å². The van der Waals surface area contributed by atoms with E-state index in [4.69, 9.17) is 4.74 Å². The number of nitrogens with zero attached hydrogens (tertiary/aromatic N) is 3. The number of aromatic nitrogens is 2. The molecule has 24 heavy (non-hydrogen) atoms. The summed E-state index contributed by atoms with van der Waals surface area (Å²) in [7, 11) is 0. The Morgan fingerprint density at radius 2 is 2.21 bits per heavy atom. The molecule has 2 aromatic rings. The monoisotopic (exact) mass is 347 g/mol. The van der Waals surface area contributed by atoms with Crippen LogP contribution in [-0.4, -0.2) is 46.7 Å². The van der Waals surface area contributed by atoms with Crippen molar-refractivity contribution >= 4 is 27.5 Å². The number of morpholine rings is 1. The molecule has 0 spiro atoms. The van der Waals surface area contributed by atoms with E-state index in [9.17, 15) is 9.59 Å². The van der Waals surface area contributed by atoms with Gasteiger partial charge in [-0.25, -0.2) is 4.98 Å². The van der Waals surface area contributed by atoms with Crippen molar-refractivity contribution < 1.29 is 9.53 Å². The van der Waals surface area contributed by atoms with Gasteiger partial charge in [-0.15, -0.1) is 11.3 Å². The average Bonchev–Trinajstić information content (AvgIpc) is 2.96. The summed E-state index contributed by atoms with van der Waals surface area (Å²) in [6.45, 7) is 4.62. The van der Waals surface area contributed by atoms with Gasteiger partial charge in [-0.1, -0.05) is 6.92 Å². The van der Waals surface area contributed by atoms with E-state index < -0.39 is 0 Å². The normalized spacial score (nSPS) is 21.0. The first-order valence-electron chi connectivity index (χ1n) is 8.48. The first kappa shape index (κ1) is 15.8. The third-order valence-electron chi connectivity index (χ3n) is 4.95. The highest BCUT2D eigenvalue weighted by Crippen LogP contribution is 2.35. The molecule has 1 aliphatic heterocycles. The fraction of sp³-hybridized carbons (Fsp3) is 0.588. The molecular weight excluding hydrogens is 326 g/mol. The molecule has 2 aromatic heterocycles. The van der Waals surface area contributed by atoms with Crippen LogP contribution in [0.25, 0.3) is 10.2 Å². The summed E-state index contributed by atoms with van der Waals surface area (Å²) in [6, 6.07) is 0. The van der Waals surface area contributed by atoms with E-state index in [1.807, 2.05) is 0 Å². The fourth-order valence-corrected chi connectivity index (χ4v) is 4.88. The quantitative estimate of drug-likeness (QED) is 0.825. The van der Waals surface area contributed by atoms with Gasteiger partial charge in [0.25, 0.3) is 5.56 Å². The minimum absolute atomic E-state index is 0.0423. The maximum absolute atomic E-state index is 12.9. The van der Waals surface area contributed by atoms with Crippen LogP contribution in [0.5, 0.6) is 0 Å². The van der Waals surface area contributed by atoms with Crippen LogP contribution in [0.1, 0.15) is 23.8 Å². The largest absolute Gasteiger partial charge is 0.378 e. The number of aryl methyl sites for hydroxylation is 1. The van der Waals surface area contributed by atoms with Crippen LogP contribution in [0.4, 0.5) is 0 Å². The molecule has 0 unspecified atom stereocenters. The van der Waals surface area contributed by atoms with Gasteiger partial charge in [0.15, 0.2) is 0 Å². The highest BCUT2D eigenvalue weighted by Gasteiger charge is 2.24. The first-order valence-corrected chi connectivity index (χ1v) is 9.30. The molecular formula is C17H21N3O3S. The second-order valence-electron chi connectivity index (χ2n) is 6.70.